The van der Waals surface area contributed by atoms with Crippen LogP contribution >= 0.6 is 24.8 Å². The molecule has 0 fully saturated rings. The number of hydrogen-bond acceptors (Lipinski definition) is 0. The monoisotopic (exact) mass is 561 g/mol. The third-order valence-electron chi connectivity index (χ3n) is 8.28. The van der Waals surface area contributed by atoms with Crippen molar-refractivity contribution in [3.8, 4) is 0 Å². The summed E-state index contributed by atoms with van der Waals surface area (Å²) in [5.41, 5.74) is 5.74. The van der Waals surface area contributed by atoms with E-state index in [2.05, 4.69) is 138 Å². The van der Waals surface area contributed by atoms with Crippen LogP contribution in [0.1, 0.15) is 29.5 Å². The Hall–Kier alpha value is -2.18. The van der Waals surface area contributed by atoms with Gasteiger partial charge in [-0.3, -0.25) is 0 Å². The topological polar surface area (TPSA) is 0 Å². The fourth-order valence-electron chi connectivity index (χ4n) is 6.64. The minimum absolute atomic E-state index is 0. The van der Waals surface area contributed by atoms with Crippen molar-refractivity contribution < 1.29 is 18.8 Å². The van der Waals surface area contributed by atoms with Gasteiger partial charge in [0.1, 0.15) is 0 Å². The molecule has 4 aromatic carbocycles. The molecule has 34 heavy (non-hydrogen) atoms. The van der Waals surface area contributed by atoms with E-state index >= 15 is 0 Å². The maximum absolute atomic E-state index is 4.17. The number of rotatable bonds is 4. The van der Waals surface area contributed by atoms with Crippen molar-refractivity contribution in [1.29, 1.82) is 0 Å². The van der Waals surface area contributed by atoms with Crippen molar-refractivity contribution >= 4 is 43.5 Å². The van der Waals surface area contributed by atoms with Crippen molar-refractivity contribution in [2.24, 2.45) is 0 Å². The van der Waals surface area contributed by atoms with Gasteiger partial charge in [-0.05, 0) is 0 Å². The van der Waals surface area contributed by atoms with E-state index in [0.29, 0.717) is 7.25 Å². The van der Waals surface area contributed by atoms with Crippen LogP contribution in [0.3, 0.4) is 0 Å². The molecular weight excluding hydrogens is 534 g/mol. The Bertz CT molecular complexity index is 1250. The molecule has 2 aliphatic carbocycles. The molecule has 4 aromatic rings. The number of fused-ring (bicyclic) bond motifs is 2. The maximum atomic E-state index is 2.71. The van der Waals surface area contributed by atoms with Gasteiger partial charge in [-0.2, -0.15) is 0 Å². The second-order valence-corrected chi connectivity index (χ2v) is 25.1. The molecule has 0 spiro atoms. The molecule has 3 heteroatoms. The molecule has 2 atom stereocenters. The number of benzene rings is 4. The predicted molar refractivity (Wildman–Crippen MR) is 149 cm³/mol. The first-order valence-corrected chi connectivity index (χ1v) is 19.3. The average molecular weight is 564 g/mol. The summed E-state index contributed by atoms with van der Waals surface area (Å²) >= 11 is -4.17. The van der Waals surface area contributed by atoms with Crippen LogP contribution in [0.15, 0.2) is 121 Å². The molecule has 0 heterocycles. The van der Waals surface area contributed by atoms with Crippen molar-refractivity contribution in [2.75, 3.05) is 0 Å². The van der Waals surface area contributed by atoms with Gasteiger partial charge >= 0.3 is 193 Å². The zero-order valence-electron chi connectivity index (χ0n) is 19.2. The summed E-state index contributed by atoms with van der Waals surface area (Å²) in [6, 6.07) is 41.0. The van der Waals surface area contributed by atoms with Crippen molar-refractivity contribution in [1.82, 2.24) is 0 Å². The second-order valence-electron chi connectivity index (χ2n) is 9.61. The van der Waals surface area contributed by atoms with E-state index < -0.39 is 18.8 Å². The first kappa shape index (κ1) is 24.9. The van der Waals surface area contributed by atoms with Gasteiger partial charge in [0, 0.05) is 0 Å². The van der Waals surface area contributed by atoms with Gasteiger partial charge in [0.05, 0.1) is 0 Å². The van der Waals surface area contributed by atoms with Crippen LogP contribution in [0.2, 0.25) is 4.63 Å². The molecule has 171 valence electrons. The molecule has 0 saturated heterocycles. The first-order chi connectivity index (χ1) is 15.7. The van der Waals surface area contributed by atoms with Crippen LogP contribution < -0.4 is 6.54 Å². The van der Waals surface area contributed by atoms with E-state index in [4.69, 9.17) is 0 Å². The second kappa shape index (κ2) is 9.46. The quantitative estimate of drug-likeness (QED) is 0.238. The third-order valence-corrected chi connectivity index (χ3v) is 27.8. The van der Waals surface area contributed by atoms with Gasteiger partial charge in [0.25, 0.3) is 0 Å². The van der Waals surface area contributed by atoms with E-state index in [1.165, 1.54) is 22.3 Å². The average Bonchev–Trinajstić information content (AvgIpc) is 3.50. The van der Waals surface area contributed by atoms with Gasteiger partial charge in [-0.15, -0.1) is 24.8 Å². The number of halogens is 2. The third kappa shape index (κ3) is 3.36. The SMILES string of the molecule is Cl.Cl.[CH3][Zr]([c]1ccccc1)([c]1ccccc1)([CH]1C=Cc2ccccc21)[CH]1C=Cc2ccccc21. The Balaban J connectivity index is 0.00000137. The van der Waals surface area contributed by atoms with Crippen LogP contribution in [0.4, 0.5) is 0 Å². The van der Waals surface area contributed by atoms with Gasteiger partial charge in [-0.25, -0.2) is 0 Å². The molecule has 6 rings (SSSR count). The molecule has 0 aromatic heterocycles. The Kier molecular flexibility index (Phi) is 6.94. The van der Waals surface area contributed by atoms with Crippen LogP contribution in [-0.4, -0.2) is 0 Å². The van der Waals surface area contributed by atoms with Gasteiger partial charge in [-0.1, -0.05) is 0 Å². The Labute approximate surface area is 216 Å². The molecule has 0 radical (unpaired) electrons. The molecule has 0 bridgehead atoms. The van der Waals surface area contributed by atoms with E-state index in [1.807, 2.05) is 0 Å². The van der Waals surface area contributed by atoms with E-state index in [0.717, 1.165) is 0 Å². The number of hydrogen-bond donors (Lipinski definition) is 0. The molecule has 2 unspecified atom stereocenters. The van der Waals surface area contributed by atoms with Gasteiger partial charge in [0.2, 0.25) is 0 Å². The molecule has 0 amide bonds. The summed E-state index contributed by atoms with van der Waals surface area (Å²) in [4.78, 5) is 0. The fourth-order valence-corrected chi connectivity index (χ4v) is 25.4. The Morgan fingerprint density at radius 3 is 1.24 bits per heavy atom. The van der Waals surface area contributed by atoms with Crippen LogP contribution in [0, 0.1) is 0 Å². The van der Waals surface area contributed by atoms with Gasteiger partial charge in [0.15, 0.2) is 0 Å². The van der Waals surface area contributed by atoms with Crippen LogP contribution in [0.5, 0.6) is 0 Å². The molecule has 2 aliphatic rings. The van der Waals surface area contributed by atoms with Gasteiger partial charge < -0.3 is 0 Å². The fraction of sp³-hybridized carbons (Fsp3) is 0.0968. The predicted octanol–water partition coefficient (Wildman–Crippen LogP) is 7.75. The van der Waals surface area contributed by atoms with Crippen LogP contribution in [-0.2, 0) is 18.8 Å². The van der Waals surface area contributed by atoms with E-state index in [9.17, 15) is 0 Å². The first-order valence-electron chi connectivity index (χ1n) is 11.5. The molecule has 0 saturated carbocycles. The molecular formula is C31H29Cl2Zr. The summed E-state index contributed by atoms with van der Waals surface area (Å²) in [7, 11) is 0. The van der Waals surface area contributed by atoms with Crippen molar-refractivity contribution in [3.05, 3.63) is 144 Å². The summed E-state index contributed by atoms with van der Waals surface area (Å²) in [6.45, 7) is 0. The minimum atomic E-state index is -4.17. The standard InChI is InChI=1S/2C9H7.2C6H5.CH3.2ClH.Zr/c2*1-2-5-9-7-3-6-8(9)4-1;2*1-2-4-6-5-3-1;;;;/h2*1-7H;2*1-5H;1H3;2*1H;. The summed E-state index contributed by atoms with van der Waals surface area (Å²) in [5, 5.41) is 0. The van der Waals surface area contributed by atoms with E-state index in [1.54, 1.807) is 6.54 Å². The Morgan fingerprint density at radius 2 is 0.824 bits per heavy atom. The summed E-state index contributed by atoms with van der Waals surface area (Å²) in [6.07, 6.45) is 9.80. The van der Waals surface area contributed by atoms with Crippen LogP contribution in [0.25, 0.3) is 12.2 Å². The van der Waals surface area contributed by atoms with E-state index in [-0.39, 0.29) is 24.8 Å². The molecule has 0 nitrogen and oxygen atoms in total. The summed E-state index contributed by atoms with van der Waals surface area (Å²) in [5.74, 6) is 0. The van der Waals surface area contributed by atoms with Crippen molar-refractivity contribution in [3.63, 3.8) is 0 Å². The normalized spacial score (nSPS) is 18.7. The zero-order valence-corrected chi connectivity index (χ0v) is 23.3. The zero-order chi connectivity index (χ0) is 21.6. The number of allylic oxidation sites excluding steroid dienone is 2. The molecule has 0 aliphatic heterocycles. The molecule has 0 N–H and O–H groups in total. The Morgan fingerprint density at radius 1 is 0.471 bits per heavy atom. The summed E-state index contributed by atoms with van der Waals surface area (Å²) < 4.78 is 6.62. The van der Waals surface area contributed by atoms with Crippen molar-refractivity contribution in [2.45, 2.75) is 11.9 Å².